The van der Waals surface area contributed by atoms with Gasteiger partial charge in [0.05, 0.1) is 21.6 Å². The van der Waals surface area contributed by atoms with Crippen LogP contribution in [0.5, 0.6) is 0 Å². The number of pyridine rings is 1. The second-order valence-corrected chi connectivity index (χ2v) is 6.99. The fourth-order valence-electron chi connectivity index (χ4n) is 3.10. The van der Waals surface area contributed by atoms with Crippen molar-refractivity contribution in [3.63, 3.8) is 0 Å². The SMILES string of the molecule is CN(C)CCNC(=O)c1ccc2[nH]c3c(Cl)c4ccccc4nc3c2c1. The largest absolute Gasteiger partial charge is 0.352 e. The maximum atomic E-state index is 12.4. The molecule has 0 spiro atoms. The van der Waals surface area contributed by atoms with E-state index in [9.17, 15) is 4.79 Å². The fourth-order valence-corrected chi connectivity index (χ4v) is 3.40. The lowest BCUT2D eigenvalue weighted by molar-refractivity contribution is 0.0951. The van der Waals surface area contributed by atoms with E-state index < -0.39 is 0 Å². The topological polar surface area (TPSA) is 61.0 Å². The van der Waals surface area contributed by atoms with Crippen LogP contribution in [0.15, 0.2) is 42.5 Å². The Balaban J connectivity index is 1.80. The highest BCUT2D eigenvalue weighted by atomic mass is 35.5. The highest BCUT2D eigenvalue weighted by molar-refractivity contribution is 6.40. The van der Waals surface area contributed by atoms with Crippen LogP contribution >= 0.6 is 11.6 Å². The smallest absolute Gasteiger partial charge is 0.251 e. The summed E-state index contributed by atoms with van der Waals surface area (Å²) < 4.78 is 0. The number of benzene rings is 2. The van der Waals surface area contributed by atoms with E-state index >= 15 is 0 Å². The van der Waals surface area contributed by atoms with E-state index in [0.717, 1.165) is 39.4 Å². The molecule has 0 bridgehead atoms. The van der Waals surface area contributed by atoms with Gasteiger partial charge in [-0.1, -0.05) is 29.8 Å². The van der Waals surface area contributed by atoms with Crippen molar-refractivity contribution in [2.75, 3.05) is 27.2 Å². The number of H-pyrrole nitrogens is 1. The minimum Gasteiger partial charge on any atom is -0.352 e. The van der Waals surface area contributed by atoms with Crippen molar-refractivity contribution in [1.29, 1.82) is 0 Å². The number of fused-ring (bicyclic) bond motifs is 4. The molecule has 6 heteroatoms. The second-order valence-electron chi connectivity index (χ2n) is 6.61. The molecule has 2 aromatic heterocycles. The summed E-state index contributed by atoms with van der Waals surface area (Å²) in [6.07, 6.45) is 0. The van der Waals surface area contributed by atoms with Crippen LogP contribution in [0.25, 0.3) is 32.8 Å². The third-order valence-corrected chi connectivity index (χ3v) is 4.86. The predicted molar refractivity (Wildman–Crippen MR) is 107 cm³/mol. The lowest BCUT2D eigenvalue weighted by Crippen LogP contribution is -2.31. The normalized spacial score (nSPS) is 11.7. The monoisotopic (exact) mass is 366 g/mol. The van der Waals surface area contributed by atoms with E-state index in [4.69, 9.17) is 16.6 Å². The minimum absolute atomic E-state index is 0.0880. The van der Waals surface area contributed by atoms with Crippen LogP contribution in [0.4, 0.5) is 0 Å². The molecule has 132 valence electrons. The lowest BCUT2D eigenvalue weighted by Gasteiger charge is -2.10. The Kier molecular flexibility index (Phi) is 4.26. The van der Waals surface area contributed by atoms with Gasteiger partial charge in [-0.25, -0.2) is 4.98 Å². The lowest BCUT2D eigenvalue weighted by atomic mass is 10.1. The molecule has 0 aliphatic carbocycles. The van der Waals surface area contributed by atoms with Crippen LogP contribution in [-0.4, -0.2) is 48.0 Å². The number of nitrogens with zero attached hydrogens (tertiary/aromatic N) is 2. The number of nitrogens with one attached hydrogen (secondary N) is 2. The molecule has 2 heterocycles. The summed E-state index contributed by atoms with van der Waals surface area (Å²) in [4.78, 5) is 22.5. The van der Waals surface area contributed by atoms with Gasteiger partial charge < -0.3 is 15.2 Å². The van der Waals surface area contributed by atoms with Crippen LogP contribution in [0.3, 0.4) is 0 Å². The second kappa shape index (κ2) is 6.59. The van der Waals surface area contributed by atoms with Crippen LogP contribution in [0.2, 0.25) is 5.02 Å². The van der Waals surface area contributed by atoms with Crippen LogP contribution in [0, 0.1) is 0 Å². The van der Waals surface area contributed by atoms with Gasteiger partial charge in [0.25, 0.3) is 5.91 Å². The number of rotatable bonds is 4. The van der Waals surface area contributed by atoms with Crippen LogP contribution in [-0.2, 0) is 0 Å². The molecule has 0 aliphatic rings. The Morgan fingerprint density at radius 1 is 1.19 bits per heavy atom. The number of hydrogen-bond donors (Lipinski definition) is 2. The van der Waals surface area contributed by atoms with E-state index in [1.54, 1.807) is 0 Å². The quantitative estimate of drug-likeness (QED) is 0.577. The molecular formula is C20H19ClN4O. The summed E-state index contributed by atoms with van der Waals surface area (Å²) in [5, 5.41) is 5.40. The molecule has 0 atom stereocenters. The van der Waals surface area contributed by atoms with Gasteiger partial charge >= 0.3 is 0 Å². The van der Waals surface area contributed by atoms with Gasteiger partial charge in [0.2, 0.25) is 0 Å². The molecule has 2 N–H and O–H groups in total. The molecule has 0 aliphatic heterocycles. The molecule has 0 radical (unpaired) electrons. The molecule has 4 aromatic rings. The van der Waals surface area contributed by atoms with Crippen LogP contribution in [0.1, 0.15) is 10.4 Å². The first-order valence-electron chi connectivity index (χ1n) is 8.47. The van der Waals surface area contributed by atoms with E-state index in [1.165, 1.54) is 0 Å². The van der Waals surface area contributed by atoms with Crippen molar-refractivity contribution in [2.24, 2.45) is 0 Å². The Labute approximate surface area is 156 Å². The van der Waals surface area contributed by atoms with Crippen molar-refractivity contribution in [1.82, 2.24) is 20.2 Å². The van der Waals surface area contributed by atoms with Crippen molar-refractivity contribution in [3.05, 3.63) is 53.1 Å². The summed E-state index contributed by atoms with van der Waals surface area (Å²) in [5.41, 5.74) is 3.95. The number of carbonyl (C=O) groups excluding carboxylic acids is 1. The predicted octanol–water partition coefficient (Wildman–Crippen LogP) is 3.81. The van der Waals surface area contributed by atoms with E-state index in [0.29, 0.717) is 17.1 Å². The zero-order chi connectivity index (χ0) is 18.3. The van der Waals surface area contributed by atoms with Gasteiger partial charge in [0.1, 0.15) is 0 Å². The number of aromatic amines is 1. The third-order valence-electron chi connectivity index (χ3n) is 4.47. The summed E-state index contributed by atoms with van der Waals surface area (Å²) in [5.74, 6) is -0.0880. The molecule has 0 unspecified atom stereocenters. The average molecular weight is 367 g/mol. The highest BCUT2D eigenvalue weighted by Gasteiger charge is 2.14. The Bertz CT molecular complexity index is 1130. The molecule has 26 heavy (non-hydrogen) atoms. The van der Waals surface area contributed by atoms with Crippen molar-refractivity contribution in [2.45, 2.75) is 0 Å². The number of halogens is 1. The minimum atomic E-state index is -0.0880. The number of carbonyl (C=O) groups is 1. The number of para-hydroxylation sites is 1. The molecule has 0 fully saturated rings. The molecule has 4 rings (SSSR count). The van der Waals surface area contributed by atoms with Gasteiger partial charge in [-0.15, -0.1) is 0 Å². The van der Waals surface area contributed by atoms with Gasteiger partial charge in [0, 0.05) is 34.9 Å². The zero-order valence-corrected chi connectivity index (χ0v) is 15.4. The molecule has 1 amide bonds. The highest BCUT2D eigenvalue weighted by Crippen LogP contribution is 2.34. The van der Waals surface area contributed by atoms with Crippen LogP contribution < -0.4 is 5.32 Å². The first kappa shape index (κ1) is 16.8. The van der Waals surface area contributed by atoms with Gasteiger partial charge in [-0.3, -0.25) is 4.79 Å². The van der Waals surface area contributed by atoms with Crippen molar-refractivity contribution >= 4 is 50.3 Å². The maximum Gasteiger partial charge on any atom is 0.251 e. The molecule has 5 nitrogen and oxygen atoms in total. The van der Waals surface area contributed by atoms with Gasteiger partial charge in [0.15, 0.2) is 0 Å². The Morgan fingerprint density at radius 2 is 2.00 bits per heavy atom. The van der Waals surface area contributed by atoms with Crippen molar-refractivity contribution < 1.29 is 4.79 Å². The van der Waals surface area contributed by atoms with Gasteiger partial charge in [-0.2, -0.15) is 0 Å². The Hall–Kier alpha value is -2.63. The molecular weight excluding hydrogens is 348 g/mol. The van der Waals surface area contributed by atoms with E-state index in [2.05, 4.69) is 10.3 Å². The average Bonchev–Trinajstić information content (AvgIpc) is 3.00. The first-order chi connectivity index (χ1) is 12.5. The number of hydrogen-bond acceptors (Lipinski definition) is 3. The standard InChI is InChI=1S/C20H19ClN4O/c1-25(2)10-9-22-20(26)12-7-8-16-14(11-12)18-19(24-16)17(21)13-5-3-4-6-15(13)23-18/h3-8,11,24H,9-10H2,1-2H3,(H,22,26). The number of likely N-dealkylation sites (N-methyl/N-ethyl adjacent to an activating group) is 1. The first-order valence-corrected chi connectivity index (χ1v) is 8.85. The van der Waals surface area contributed by atoms with Crippen molar-refractivity contribution in [3.8, 4) is 0 Å². The molecule has 0 saturated carbocycles. The number of amides is 1. The third kappa shape index (κ3) is 2.89. The molecule has 0 saturated heterocycles. The summed E-state index contributed by atoms with van der Waals surface area (Å²) in [7, 11) is 3.95. The number of aromatic nitrogens is 2. The Morgan fingerprint density at radius 3 is 2.81 bits per heavy atom. The fraction of sp³-hybridized carbons (Fsp3) is 0.200. The zero-order valence-electron chi connectivity index (χ0n) is 14.6. The van der Waals surface area contributed by atoms with E-state index in [1.807, 2.05) is 61.5 Å². The summed E-state index contributed by atoms with van der Waals surface area (Å²) in [6, 6.07) is 13.4. The maximum absolute atomic E-state index is 12.4. The van der Waals surface area contributed by atoms with E-state index in [-0.39, 0.29) is 5.91 Å². The van der Waals surface area contributed by atoms with Gasteiger partial charge in [-0.05, 0) is 38.4 Å². The summed E-state index contributed by atoms with van der Waals surface area (Å²) in [6.45, 7) is 1.40. The summed E-state index contributed by atoms with van der Waals surface area (Å²) >= 11 is 6.59. The molecule has 2 aromatic carbocycles.